The summed E-state index contributed by atoms with van der Waals surface area (Å²) >= 11 is 0. The Balaban J connectivity index is 2.60. The van der Waals surface area contributed by atoms with Gasteiger partial charge in [0.1, 0.15) is 0 Å². The minimum Gasteiger partial charge on any atom is -0.391 e. The molecule has 1 aromatic rings. The van der Waals surface area contributed by atoms with E-state index in [2.05, 4.69) is 10.6 Å². The maximum absolute atomic E-state index is 11.8. The van der Waals surface area contributed by atoms with Crippen LogP contribution in [0.1, 0.15) is 43.6 Å². The number of hydrogen-bond donors (Lipinski definition) is 3. The van der Waals surface area contributed by atoms with E-state index in [9.17, 15) is 14.7 Å². The van der Waals surface area contributed by atoms with Crippen molar-refractivity contribution in [2.24, 2.45) is 5.41 Å². The summed E-state index contributed by atoms with van der Waals surface area (Å²) in [6.07, 6.45) is -0.620. The highest BCUT2D eigenvalue weighted by molar-refractivity contribution is 5.96. The second-order valence-corrected chi connectivity index (χ2v) is 6.30. The average Bonchev–Trinajstić information content (AvgIpc) is 2.34. The summed E-state index contributed by atoms with van der Waals surface area (Å²) in [7, 11) is 0. The molecule has 0 spiro atoms. The molecule has 0 aliphatic carbocycles. The Kier molecular flexibility index (Phi) is 5.49. The Labute approximate surface area is 125 Å². The lowest BCUT2D eigenvalue weighted by atomic mass is 9.89. The van der Waals surface area contributed by atoms with Gasteiger partial charge in [0.05, 0.1) is 6.10 Å². The van der Waals surface area contributed by atoms with E-state index < -0.39 is 6.10 Å². The van der Waals surface area contributed by atoms with Gasteiger partial charge in [0.25, 0.3) is 0 Å². The molecule has 0 heterocycles. The quantitative estimate of drug-likeness (QED) is 0.747. The van der Waals surface area contributed by atoms with Gasteiger partial charge in [-0.05, 0) is 43.0 Å². The van der Waals surface area contributed by atoms with Crippen molar-refractivity contribution in [3.8, 4) is 0 Å². The first kappa shape index (κ1) is 17.2. The van der Waals surface area contributed by atoms with E-state index in [1.54, 1.807) is 18.2 Å². The number of benzene rings is 1. The van der Waals surface area contributed by atoms with Crippen LogP contribution in [0.15, 0.2) is 18.2 Å². The van der Waals surface area contributed by atoms with Gasteiger partial charge in [0.15, 0.2) is 5.78 Å². The van der Waals surface area contributed by atoms with Crippen molar-refractivity contribution in [1.29, 1.82) is 0 Å². The molecule has 0 aliphatic rings. The first-order valence-electron chi connectivity index (χ1n) is 6.95. The van der Waals surface area contributed by atoms with Crippen molar-refractivity contribution in [3.05, 3.63) is 29.3 Å². The van der Waals surface area contributed by atoms with Crippen molar-refractivity contribution in [3.63, 3.8) is 0 Å². The summed E-state index contributed by atoms with van der Waals surface area (Å²) in [6, 6.07) is 4.74. The molecule has 3 N–H and O–H groups in total. The summed E-state index contributed by atoms with van der Waals surface area (Å²) in [5, 5.41) is 15.2. The standard InChI is InChI=1S/C16H24N2O3/c1-10-8-12(6-7-13(10)11(2)19)18-15(21)17-9-14(20)16(3,4)5/h6-8,14,20H,9H2,1-5H3,(H2,17,18,21). The lowest BCUT2D eigenvalue weighted by Crippen LogP contribution is -2.40. The highest BCUT2D eigenvalue weighted by Crippen LogP contribution is 2.18. The number of aliphatic hydroxyl groups excluding tert-OH is 1. The molecule has 116 valence electrons. The normalized spacial score (nSPS) is 12.7. The van der Waals surface area contributed by atoms with E-state index in [4.69, 9.17) is 0 Å². The Morgan fingerprint density at radius 2 is 1.90 bits per heavy atom. The van der Waals surface area contributed by atoms with E-state index in [0.29, 0.717) is 11.3 Å². The van der Waals surface area contributed by atoms with Crippen LogP contribution in [-0.4, -0.2) is 29.6 Å². The summed E-state index contributed by atoms with van der Waals surface area (Å²) in [6.45, 7) is 9.22. The molecular weight excluding hydrogens is 268 g/mol. The Morgan fingerprint density at radius 3 is 2.38 bits per heavy atom. The highest BCUT2D eigenvalue weighted by atomic mass is 16.3. The minimum atomic E-state index is -0.620. The van der Waals surface area contributed by atoms with Crippen LogP contribution in [0.2, 0.25) is 0 Å². The Hall–Kier alpha value is -1.88. The van der Waals surface area contributed by atoms with Crippen LogP contribution < -0.4 is 10.6 Å². The number of amides is 2. The number of hydrogen-bond acceptors (Lipinski definition) is 3. The number of anilines is 1. The number of rotatable bonds is 4. The minimum absolute atomic E-state index is 0.00296. The first-order valence-corrected chi connectivity index (χ1v) is 6.95. The van der Waals surface area contributed by atoms with Gasteiger partial charge in [-0.1, -0.05) is 20.8 Å². The lowest BCUT2D eigenvalue weighted by molar-refractivity contribution is 0.0654. The van der Waals surface area contributed by atoms with Crippen LogP contribution in [0.3, 0.4) is 0 Å². The fourth-order valence-corrected chi connectivity index (χ4v) is 1.81. The van der Waals surface area contributed by atoms with E-state index in [0.717, 1.165) is 5.56 Å². The van der Waals surface area contributed by atoms with E-state index >= 15 is 0 Å². The van der Waals surface area contributed by atoms with Gasteiger partial charge in [-0.25, -0.2) is 4.79 Å². The molecule has 21 heavy (non-hydrogen) atoms. The Morgan fingerprint density at radius 1 is 1.29 bits per heavy atom. The van der Waals surface area contributed by atoms with Crippen LogP contribution in [0.4, 0.5) is 10.5 Å². The maximum Gasteiger partial charge on any atom is 0.319 e. The van der Waals surface area contributed by atoms with Gasteiger partial charge >= 0.3 is 6.03 Å². The monoisotopic (exact) mass is 292 g/mol. The third-order valence-electron chi connectivity index (χ3n) is 3.32. The number of ketones is 1. The van der Waals surface area contributed by atoms with E-state index in [-0.39, 0.29) is 23.8 Å². The zero-order chi connectivity index (χ0) is 16.2. The van der Waals surface area contributed by atoms with Crippen molar-refractivity contribution in [2.45, 2.75) is 40.7 Å². The number of nitrogens with one attached hydrogen (secondary N) is 2. The summed E-state index contributed by atoms with van der Waals surface area (Å²) in [5.74, 6) is -0.00296. The van der Waals surface area contributed by atoms with Crippen LogP contribution >= 0.6 is 0 Å². The summed E-state index contributed by atoms with van der Waals surface area (Å²) < 4.78 is 0. The van der Waals surface area contributed by atoms with Crippen molar-refractivity contribution < 1.29 is 14.7 Å². The first-order chi connectivity index (χ1) is 9.61. The molecule has 1 aromatic carbocycles. The molecule has 0 radical (unpaired) electrons. The SMILES string of the molecule is CC(=O)c1ccc(NC(=O)NCC(O)C(C)(C)C)cc1C. The number of carbonyl (C=O) groups is 2. The summed E-state index contributed by atoms with van der Waals surface area (Å²) in [5.41, 5.74) is 1.78. The van der Waals surface area contributed by atoms with Crippen LogP contribution in [0.25, 0.3) is 0 Å². The second-order valence-electron chi connectivity index (χ2n) is 6.30. The van der Waals surface area contributed by atoms with Gasteiger partial charge in [0.2, 0.25) is 0 Å². The van der Waals surface area contributed by atoms with Crippen molar-refractivity contribution in [2.75, 3.05) is 11.9 Å². The largest absolute Gasteiger partial charge is 0.391 e. The molecule has 1 atom stereocenters. The molecule has 0 aromatic heterocycles. The van der Waals surface area contributed by atoms with Gasteiger partial charge in [-0.2, -0.15) is 0 Å². The molecule has 1 rings (SSSR count). The average molecular weight is 292 g/mol. The smallest absolute Gasteiger partial charge is 0.319 e. The van der Waals surface area contributed by atoms with Crippen LogP contribution in [-0.2, 0) is 0 Å². The zero-order valence-corrected chi connectivity index (χ0v) is 13.3. The number of aryl methyl sites for hydroxylation is 1. The Bertz CT molecular complexity index is 533. The molecule has 5 nitrogen and oxygen atoms in total. The number of aliphatic hydroxyl groups is 1. The molecule has 0 bridgehead atoms. The number of Topliss-reactive ketones (excluding diaryl/α,β-unsaturated/α-hetero) is 1. The molecule has 0 aliphatic heterocycles. The zero-order valence-electron chi connectivity index (χ0n) is 13.3. The van der Waals surface area contributed by atoms with E-state index in [1.807, 2.05) is 27.7 Å². The number of urea groups is 1. The molecule has 0 saturated heterocycles. The number of carbonyl (C=O) groups excluding carboxylic acids is 2. The molecule has 5 heteroatoms. The molecule has 0 fully saturated rings. The molecule has 2 amide bonds. The lowest BCUT2D eigenvalue weighted by Gasteiger charge is -2.25. The third kappa shape index (κ3) is 5.19. The third-order valence-corrected chi connectivity index (χ3v) is 3.32. The van der Waals surface area contributed by atoms with Gasteiger partial charge in [-0.3, -0.25) is 4.79 Å². The topological polar surface area (TPSA) is 78.4 Å². The second kappa shape index (κ2) is 6.72. The van der Waals surface area contributed by atoms with E-state index in [1.165, 1.54) is 6.92 Å². The van der Waals surface area contributed by atoms with Gasteiger partial charge in [0, 0.05) is 17.8 Å². The van der Waals surface area contributed by atoms with Gasteiger partial charge in [-0.15, -0.1) is 0 Å². The molecule has 1 unspecified atom stereocenters. The fraction of sp³-hybridized carbons (Fsp3) is 0.500. The van der Waals surface area contributed by atoms with Gasteiger partial charge < -0.3 is 15.7 Å². The predicted octanol–water partition coefficient (Wildman–Crippen LogP) is 2.73. The fourth-order valence-electron chi connectivity index (χ4n) is 1.81. The maximum atomic E-state index is 11.8. The molecule has 0 saturated carbocycles. The van der Waals surface area contributed by atoms with Crippen LogP contribution in [0.5, 0.6) is 0 Å². The highest BCUT2D eigenvalue weighted by Gasteiger charge is 2.22. The van der Waals surface area contributed by atoms with Crippen molar-refractivity contribution in [1.82, 2.24) is 5.32 Å². The molecular formula is C16H24N2O3. The predicted molar refractivity (Wildman–Crippen MR) is 83.7 cm³/mol. The van der Waals surface area contributed by atoms with Crippen molar-refractivity contribution >= 4 is 17.5 Å². The van der Waals surface area contributed by atoms with Crippen LogP contribution in [0, 0.1) is 12.3 Å². The summed E-state index contributed by atoms with van der Waals surface area (Å²) in [4.78, 5) is 23.1.